The highest BCUT2D eigenvalue weighted by molar-refractivity contribution is 14.0. The minimum absolute atomic E-state index is 0. The van der Waals surface area contributed by atoms with E-state index in [0.717, 1.165) is 5.56 Å². The van der Waals surface area contributed by atoms with Crippen LogP contribution in [0.1, 0.15) is 24.8 Å². The standard InChI is InChI=1S/C10H12O2.HI/c1-2-9(10(11)12)8-6-4-3-5-7-8;/h3-7,9H,2H2,1H3,(H,11,12);1H. The second kappa shape index (κ2) is 5.96. The Morgan fingerprint density at radius 2 is 1.92 bits per heavy atom. The van der Waals surface area contributed by atoms with E-state index in [4.69, 9.17) is 5.11 Å². The Bertz CT molecular complexity index is 259. The van der Waals surface area contributed by atoms with Gasteiger partial charge in [0, 0.05) is 0 Å². The molecule has 1 aromatic carbocycles. The van der Waals surface area contributed by atoms with Crippen molar-refractivity contribution >= 4 is 29.9 Å². The Hall–Kier alpha value is -0.580. The number of carbonyl (C=O) groups is 1. The summed E-state index contributed by atoms with van der Waals surface area (Å²) < 4.78 is 0. The van der Waals surface area contributed by atoms with Crippen LogP contribution in [-0.4, -0.2) is 11.1 Å². The van der Waals surface area contributed by atoms with Crippen LogP contribution in [0.2, 0.25) is 0 Å². The lowest BCUT2D eigenvalue weighted by atomic mass is 9.97. The zero-order valence-electron chi connectivity index (χ0n) is 7.43. The number of benzene rings is 1. The Labute approximate surface area is 95.0 Å². The Balaban J connectivity index is 0.00000144. The van der Waals surface area contributed by atoms with Crippen LogP contribution in [-0.2, 0) is 4.79 Å². The molecule has 3 heteroatoms. The van der Waals surface area contributed by atoms with Crippen LogP contribution in [0.4, 0.5) is 0 Å². The van der Waals surface area contributed by atoms with Crippen molar-refractivity contribution in [1.82, 2.24) is 0 Å². The largest absolute Gasteiger partial charge is 0.481 e. The normalized spacial score (nSPS) is 11.5. The summed E-state index contributed by atoms with van der Waals surface area (Å²) in [5, 5.41) is 8.83. The smallest absolute Gasteiger partial charge is 0.310 e. The molecule has 0 aromatic heterocycles. The summed E-state index contributed by atoms with van der Waals surface area (Å²) in [6.07, 6.45) is 0.638. The zero-order valence-corrected chi connectivity index (χ0v) is 9.77. The quantitative estimate of drug-likeness (QED) is 0.870. The van der Waals surface area contributed by atoms with E-state index in [1.165, 1.54) is 0 Å². The predicted molar refractivity (Wildman–Crippen MR) is 62.5 cm³/mol. The molecule has 1 N–H and O–H groups in total. The van der Waals surface area contributed by atoms with Gasteiger partial charge in [-0.2, -0.15) is 0 Å². The number of halogens is 1. The number of carboxylic acids is 1. The molecule has 1 aromatic rings. The molecule has 13 heavy (non-hydrogen) atoms. The number of carboxylic acid groups (broad SMARTS) is 1. The minimum atomic E-state index is -0.747. The lowest BCUT2D eigenvalue weighted by Crippen LogP contribution is -2.09. The topological polar surface area (TPSA) is 37.3 Å². The maximum atomic E-state index is 10.7. The monoisotopic (exact) mass is 292 g/mol. The first-order valence-electron chi connectivity index (χ1n) is 4.03. The molecule has 0 saturated carbocycles. The van der Waals surface area contributed by atoms with Crippen LogP contribution >= 0.6 is 24.0 Å². The van der Waals surface area contributed by atoms with Crippen molar-refractivity contribution in [3.8, 4) is 0 Å². The predicted octanol–water partition coefficient (Wildman–Crippen LogP) is 2.88. The first-order valence-corrected chi connectivity index (χ1v) is 4.03. The summed E-state index contributed by atoms with van der Waals surface area (Å²) >= 11 is 0. The van der Waals surface area contributed by atoms with Gasteiger partial charge >= 0.3 is 5.97 Å². The van der Waals surface area contributed by atoms with Gasteiger partial charge in [0.05, 0.1) is 5.92 Å². The van der Waals surface area contributed by atoms with Crippen molar-refractivity contribution in [3.05, 3.63) is 35.9 Å². The average Bonchev–Trinajstić information content (AvgIpc) is 2.07. The van der Waals surface area contributed by atoms with Gasteiger partial charge in [0.15, 0.2) is 0 Å². The van der Waals surface area contributed by atoms with Gasteiger partial charge in [0.2, 0.25) is 0 Å². The molecule has 0 aliphatic rings. The van der Waals surface area contributed by atoms with Crippen LogP contribution in [0.5, 0.6) is 0 Å². The van der Waals surface area contributed by atoms with E-state index in [-0.39, 0.29) is 29.9 Å². The molecule has 72 valence electrons. The van der Waals surface area contributed by atoms with Crippen molar-refractivity contribution in [2.24, 2.45) is 0 Å². The lowest BCUT2D eigenvalue weighted by Gasteiger charge is -2.08. The van der Waals surface area contributed by atoms with Gasteiger partial charge in [0.1, 0.15) is 0 Å². The minimum Gasteiger partial charge on any atom is -0.481 e. The van der Waals surface area contributed by atoms with Gasteiger partial charge in [-0.25, -0.2) is 0 Å². The molecule has 0 aliphatic carbocycles. The zero-order chi connectivity index (χ0) is 8.97. The summed E-state index contributed by atoms with van der Waals surface area (Å²) in [5.74, 6) is -1.10. The molecular formula is C10H13IO2. The van der Waals surface area contributed by atoms with E-state index in [1.54, 1.807) is 0 Å². The fraction of sp³-hybridized carbons (Fsp3) is 0.300. The Morgan fingerprint density at radius 1 is 1.38 bits per heavy atom. The summed E-state index contributed by atoms with van der Waals surface area (Å²) in [5.41, 5.74) is 0.882. The van der Waals surface area contributed by atoms with Crippen LogP contribution in [0.3, 0.4) is 0 Å². The molecule has 0 spiro atoms. The molecule has 0 saturated heterocycles. The second-order valence-electron chi connectivity index (χ2n) is 2.71. The molecule has 1 rings (SSSR count). The van der Waals surface area contributed by atoms with Crippen LogP contribution in [0.25, 0.3) is 0 Å². The first kappa shape index (κ1) is 12.4. The third kappa shape index (κ3) is 3.34. The van der Waals surface area contributed by atoms with E-state index in [1.807, 2.05) is 37.3 Å². The molecule has 0 aliphatic heterocycles. The van der Waals surface area contributed by atoms with Gasteiger partial charge in [-0.3, -0.25) is 4.79 Å². The fourth-order valence-electron chi connectivity index (χ4n) is 1.24. The second-order valence-corrected chi connectivity index (χ2v) is 2.71. The van der Waals surface area contributed by atoms with E-state index in [0.29, 0.717) is 6.42 Å². The molecule has 1 atom stereocenters. The third-order valence-electron chi connectivity index (χ3n) is 1.91. The van der Waals surface area contributed by atoms with Gasteiger partial charge in [-0.05, 0) is 12.0 Å². The average molecular weight is 292 g/mol. The van der Waals surface area contributed by atoms with Gasteiger partial charge in [0.25, 0.3) is 0 Å². The molecular weight excluding hydrogens is 279 g/mol. The van der Waals surface area contributed by atoms with Gasteiger partial charge < -0.3 is 5.11 Å². The highest BCUT2D eigenvalue weighted by Gasteiger charge is 2.16. The summed E-state index contributed by atoms with van der Waals surface area (Å²) in [6, 6.07) is 9.31. The highest BCUT2D eigenvalue weighted by Crippen LogP contribution is 2.18. The Kier molecular flexibility index (Phi) is 5.70. The van der Waals surface area contributed by atoms with E-state index < -0.39 is 5.97 Å². The van der Waals surface area contributed by atoms with Gasteiger partial charge in [-0.15, -0.1) is 24.0 Å². The van der Waals surface area contributed by atoms with Crippen molar-refractivity contribution < 1.29 is 9.90 Å². The van der Waals surface area contributed by atoms with Crippen LogP contribution in [0, 0.1) is 0 Å². The third-order valence-corrected chi connectivity index (χ3v) is 1.91. The lowest BCUT2D eigenvalue weighted by molar-refractivity contribution is -0.138. The molecule has 0 bridgehead atoms. The molecule has 0 amide bonds. The summed E-state index contributed by atoms with van der Waals surface area (Å²) in [7, 11) is 0. The Morgan fingerprint density at radius 3 is 2.31 bits per heavy atom. The van der Waals surface area contributed by atoms with Crippen molar-refractivity contribution in [2.75, 3.05) is 0 Å². The fourth-order valence-corrected chi connectivity index (χ4v) is 1.24. The first-order chi connectivity index (χ1) is 5.75. The SMILES string of the molecule is CCC(C(=O)O)c1ccccc1.I. The molecule has 2 nitrogen and oxygen atoms in total. The van der Waals surface area contributed by atoms with Crippen LogP contribution < -0.4 is 0 Å². The number of hydrogen-bond donors (Lipinski definition) is 1. The van der Waals surface area contributed by atoms with Crippen molar-refractivity contribution in [2.45, 2.75) is 19.3 Å². The number of aliphatic carboxylic acids is 1. The van der Waals surface area contributed by atoms with E-state index in [9.17, 15) is 4.79 Å². The maximum Gasteiger partial charge on any atom is 0.310 e. The van der Waals surface area contributed by atoms with E-state index in [2.05, 4.69) is 0 Å². The number of rotatable bonds is 3. The van der Waals surface area contributed by atoms with Crippen LogP contribution in [0.15, 0.2) is 30.3 Å². The molecule has 0 radical (unpaired) electrons. The molecule has 1 unspecified atom stereocenters. The maximum absolute atomic E-state index is 10.7. The highest BCUT2D eigenvalue weighted by atomic mass is 127. The summed E-state index contributed by atoms with van der Waals surface area (Å²) in [4.78, 5) is 10.7. The summed E-state index contributed by atoms with van der Waals surface area (Å²) in [6.45, 7) is 1.88. The molecule has 0 heterocycles. The number of hydrogen-bond acceptors (Lipinski definition) is 1. The molecule has 0 fully saturated rings. The van der Waals surface area contributed by atoms with Crippen molar-refractivity contribution in [3.63, 3.8) is 0 Å². The van der Waals surface area contributed by atoms with E-state index >= 15 is 0 Å². The van der Waals surface area contributed by atoms with Gasteiger partial charge in [-0.1, -0.05) is 37.3 Å². The van der Waals surface area contributed by atoms with Crippen molar-refractivity contribution in [1.29, 1.82) is 0 Å².